The van der Waals surface area contributed by atoms with Crippen LogP contribution in [-0.4, -0.2) is 63.4 Å². The second-order valence-electron chi connectivity index (χ2n) is 13.8. The van der Waals surface area contributed by atoms with E-state index in [1.807, 2.05) is 36.4 Å². The Morgan fingerprint density at radius 3 is 1.96 bits per heavy atom. The van der Waals surface area contributed by atoms with Crippen LogP contribution < -0.4 is 10.6 Å². The van der Waals surface area contributed by atoms with Crippen molar-refractivity contribution in [2.75, 3.05) is 5.75 Å². The van der Waals surface area contributed by atoms with Crippen LogP contribution >= 0.6 is 12.6 Å². The minimum atomic E-state index is -1.21. The van der Waals surface area contributed by atoms with Crippen molar-refractivity contribution in [3.63, 3.8) is 0 Å². The second kappa shape index (κ2) is 15.5. The molecule has 0 saturated heterocycles. The number of hydrogen-bond acceptors (Lipinski definition) is 7. The molecule has 10 heteroatoms. The number of thiol groups is 1. The van der Waals surface area contributed by atoms with Crippen LogP contribution in [-0.2, 0) is 30.3 Å². The number of carbonyl (C=O) groups is 4. The third-order valence-electron chi connectivity index (χ3n) is 6.39. The van der Waals surface area contributed by atoms with Gasteiger partial charge in [0.15, 0.2) is 0 Å². The van der Waals surface area contributed by atoms with Gasteiger partial charge in [0.25, 0.3) is 0 Å². The van der Waals surface area contributed by atoms with E-state index in [0.29, 0.717) is 5.56 Å². The number of esters is 1. The molecule has 3 atom stereocenters. The first-order chi connectivity index (χ1) is 20.8. The molecular weight excluding hydrogens is 590 g/mol. The molecule has 0 aliphatic rings. The smallest absolute Gasteiger partial charge is 0.408 e. The number of amides is 3. The lowest BCUT2D eigenvalue weighted by Gasteiger charge is -2.43. The van der Waals surface area contributed by atoms with Gasteiger partial charge in [-0.05, 0) is 85.1 Å². The lowest BCUT2D eigenvalue weighted by atomic mass is 9.94. The first-order valence-corrected chi connectivity index (χ1v) is 15.6. The van der Waals surface area contributed by atoms with Gasteiger partial charge in [-0.1, -0.05) is 61.2 Å². The van der Waals surface area contributed by atoms with Crippen LogP contribution in [0.4, 0.5) is 4.79 Å². The molecule has 0 saturated carbocycles. The minimum Gasteiger partial charge on any atom is -0.458 e. The lowest BCUT2D eigenvalue weighted by Crippen LogP contribution is -2.60. The summed E-state index contributed by atoms with van der Waals surface area (Å²) in [5.41, 5.74) is -0.473. The molecular formula is C35H49N3O6S. The number of alkyl carbamates (subject to hydrolysis) is 1. The molecule has 9 nitrogen and oxygen atoms in total. The molecule has 246 valence electrons. The third-order valence-corrected chi connectivity index (χ3v) is 6.76. The van der Waals surface area contributed by atoms with E-state index < -0.39 is 58.7 Å². The zero-order chi connectivity index (χ0) is 34.2. The molecule has 3 unspecified atom stereocenters. The molecule has 0 bridgehead atoms. The number of nitrogens with one attached hydrogen (secondary N) is 2. The molecule has 0 fully saturated rings. The fraction of sp³-hybridized carbons (Fsp3) is 0.486. The van der Waals surface area contributed by atoms with Crippen LogP contribution in [0.25, 0.3) is 6.08 Å². The van der Waals surface area contributed by atoms with Crippen molar-refractivity contribution < 1.29 is 28.7 Å². The van der Waals surface area contributed by atoms with Gasteiger partial charge >= 0.3 is 12.1 Å². The SMILES string of the molecule is C=Cc1cccc(C(C(=O)NC(Cc2ccccc2)C(=O)OC(C)(C)C)N(C(=O)C(CS)NC(=O)OC(C)(C)C)C(C)(C)C)c1. The van der Waals surface area contributed by atoms with Gasteiger partial charge in [-0.3, -0.25) is 9.59 Å². The number of nitrogens with zero attached hydrogens (tertiary/aromatic N) is 1. The third kappa shape index (κ3) is 11.9. The number of ether oxygens (including phenoxy) is 2. The van der Waals surface area contributed by atoms with E-state index in [1.165, 1.54) is 4.90 Å². The molecule has 2 N–H and O–H groups in total. The summed E-state index contributed by atoms with van der Waals surface area (Å²) in [4.78, 5) is 56.3. The van der Waals surface area contributed by atoms with Gasteiger partial charge in [-0.25, -0.2) is 9.59 Å². The summed E-state index contributed by atoms with van der Waals surface area (Å²) in [5.74, 6) is -1.81. The highest BCUT2D eigenvalue weighted by Gasteiger charge is 2.43. The predicted molar refractivity (Wildman–Crippen MR) is 181 cm³/mol. The van der Waals surface area contributed by atoms with Crippen molar-refractivity contribution in [1.82, 2.24) is 15.5 Å². The van der Waals surface area contributed by atoms with Crippen LogP contribution in [0.15, 0.2) is 61.2 Å². The number of rotatable bonds is 11. The summed E-state index contributed by atoms with van der Waals surface area (Å²) >= 11 is 4.36. The molecule has 0 aliphatic carbocycles. The standard InChI is InChI=1S/C35H49N3O6S/c1-11-23-18-15-19-25(20-23)28(38(33(2,3)4)30(40)27(22-45)37-32(42)44-35(8,9)10)29(39)36-26(31(41)43-34(5,6)7)21-24-16-13-12-14-17-24/h11-20,26-28,45H,1,21-22H2,2-10H3,(H,36,39)(H,37,42). The largest absolute Gasteiger partial charge is 0.458 e. The number of carbonyl (C=O) groups excluding carboxylic acids is 4. The molecule has 45 heavy (non-hydrogen) atoms. The van der Waals surface area contributed by atoms with E-state index in [0.717, 1.165) is 11.1 Å². The molecule has 2 rings (SSSR count). The van der Waals surface area contributed by atoms with Crippen LogP contribution in [0.3, 0.4) is 0 Å². The first kappa shape index (κ1) is 37.4. The molecule has 0 aliphatic heterocycles. The normalized spacial score (nSPS) is 13.9. The summed E-state index contributed by atoms with van der Waals surface area (Å²) in [5, 5.41) is 5.51. The Labute approximate surface area is 273 Å². The molecule has 0 spiro atoms. The minimum absolute atomic E-state index is 0.0553. The topological polar surface area (TPSA) is 114 Å². The molecule has 0 aromatic heterocycles. The van der Waals surface area contributed by atoms with Crippen molar-refractivity contribution in [3.05, 3.63) is 77.9 Å². The highest BCUT2D eigenvalue weighted by molar-refractivity contribution is 7.80. The Balaban J connectivity index is 2.64. The molecule has 0 radical (unpaired) electrons. The average molecular weight is 640 g/mol. The second-order valence-corrected chi connectivity index (χ2v) is 14.2. The summed E-state index contributed by atoms with van der Waals surface area (Å²) < 4.78 is 11.1. The van der Waals surface area contributed by atoms with E-state index in [-0.39, 0.29) is 12.2 Å². The van der Waals surface area contributed by atoms with E-state index in [2.05, 4.69) is 29.8 Å². The predicted octanol–water partition coefficient (Wildman–Crippen LogP) is 5.89. The highest BCUT2D eigenvalue weighted by Crippen LogP contribution is 2.31. The lowest BCUT2D eigenvalue weighted by molar-refractivity contribution is -0.159. The maximum Gasteiger partial charge on any atom is 0.408 e. The summed E-state index contributed by atoms with van der Waals surface area (Å²) in [6.45, 7) is 19.6. The molecule has 3 amide bonds. The van der Waals surface area contributed by atoms with E-state index in [9.17, 15) is 19.2 Å². The van der Waals surface area contributed by atoms with Crippen molar-refractivity contribution in [1.29, 1.82) is 0 Å². The van der Waals surface area contributed by atoms with Crippen LogP contribution in [0, 0.1) is 0 Å². The van der Waals surface area contributed by atoms with Gasteiger partial charge in [0, 0.05) is 17.7 Å². The maximum absolute atomic E-state index is 14.5. The quantitative estimate of drug-likeness (QED) is 0.209. The Bertz CT molecular complexity index is 1340. The molecule has 0 heterocycles. The van der Waals surface area contributed by atoms with Crippen LogP contribution in [0.5, 0.6) is 0 Å². The van der Waals surface area contributed by atoms with Crippen molar-refractivity contribution >= 4 is 42.6 Å². The first-order valence-electron chi connectivity index (χ1n) is 15.0. The van der Waals surface area contributed by atoms with Gasteiger partial charge in [0.2, 0.25) is 11.8 Å². The number of benzene rings is 2. The fourth-order valence-corrected chi connectivity index (χ4v) is 4.84. The van der Waals surface area contributed by atoms with Crippen LogP contribution in [0.2, 0.25) is 0 Å². The fourth-order valence-electron chi connectivity index (χ4n) is 4.59. The summed E-state index contributed by atoms with van der Waals surface area (Å²) in [6.07, 6.45) is 1.02. The van der Waals surface area contributed by atoms with Crippen LogP contribution in [0.1, 0.15) is 85.0 Å². The average Bonchev–Trinajstić information content (AvgIpc) is 2.91. The van der Waals surface area contributed by atoms with E-state index in [4.69, 9.17) is 9.47 Å². The zero-order valence-corrected chi connectivity index (χ0v) is 28.9. The Morgan fingerprint density at radius 2 is 1.44 bits per heavy atom. The summed E-state index contributed by atoms with van der Waals surface area (Å²) in [6, 6.07) is 13.0. The van der Waals surface area contributed by atoms with Gasteiger partial charge in [0.1, 0.15) is 29.3 Å². The van der Waals surface area contributed by atoms with Crippen molar-refractivity contribution in [3.8, 4) is 0 Å². The van der Waals surface area contributed by atoms with Crippen molar-refractivity contribution in [2.24, 2.45) is 0 Å². The zero-order valence-electron chi connectivity index (χ0n) is 28.0. The maximum atomic E-state index is 14.5. The molecule has 2 aromatic carbocycles. The Morgan fingerprint density at radius 1 is 0.844 bits per heavy atom. The van der Waals surface area contributed by atoms with Gasteiger partial charge < -0.3 is 25.0 Å². The van der Waals surface area contributed by atoms with Gasteiger partial charge in [0.05, 0.1) is 0 Å². The Kier molecular flexibility index (Phi) is 12.9. The van der Waals surface area contributed by atoms with Crippen molar-refractivity contribution in [2.45, 2.75) is 104 Å². The van der Waals surface area contributed by atoms with E-state index >= 15 is 0 Å². The van der Waals surface area contributed by atoms with E-state index in [1.54, 1.807) is 86.6 Å². The van der Waals surface area contributed by atoms with Gasteiger partial charge in [-0.2, -0.15) is 12.6 Å². The van der Waals surface area contributed by atoms with Gasteiger partial charge in [-0.15, -0.1) is 0 Å². The Hall–Kier alpha value is -3.79. The monoisotopic (exact) mass is 639 g/mol. The molecule has 2 aromatic rings. The highest BCUT2D eigenvalue weighted by atomic mass is 32.1. The summed E-state index contributed by atoms with van der Waals surface area (Å²) in [7, 11) is 0. The number of hydrogen-bond donors (Lipinski definition) is 3.